The molecule has 1 heterocycles. The summed E-state index contributed by atoms with van der Waals surface area (Å²) in [5.74, 6) is 0.136. The molecule has 0 spiro atoms. The summed E-state index contributed by atoms with van der Waals surface area (Å²) < 4.78 is 0. The van der Waals surface area contributed by atoms with Gasteiger partial charge in [0, 0.05) is 0 Å². The van der Waals surface area contributed by atoms with E-state index in [4.69, 9.17) is 5.73 Å². The number of hydrogen-bond donors (Lipinski definition) is 2. The smallest absolute Gasteiger partial charge is 0.260 e. The zero-order valence-corrected chi connectivity index (χ0v) is 7.40. The van der Waals surface area contributed by atoms with E-state index in [1.807, 2.05) is 18.2 Å². The third-order valence-corrected chi connectivity index (χ3v) is 1.85. The Morgan fingerprint density at radius 3 is 2.64 bits per heavy atom. The fraction of sp³-hybridized carbons (Fsp3) is 0. The molecule has 14 heavy (non-hydrogen) atoms. The molecule has 1 aromatic heterocycles. The molecule has 0 saturated heterocycles. The number of allylic oxidation sites excluding steroid dienone is 4. The molecule has 1 aliphatic rings. The third-order valence-electron chi connectivity index (χ3n) is 1.85. The van der Waals surface area contributed by atoms with Crippen LogP contribution in [-0.4, -0.2) is 9.97 Å². The van der Waals surface area contributed by atoms with E-state index in [-0.39, 0.29) is 11.5 Å². The molecule has 0 aromatic carbocycles. The largest absolute Gasteiger partial charge is 0.369 e. The van der Waals surface area contributed by atoms with Gasteiger partial charge in [-0.3, -0.25) is 9.78 Å². The second-order valence-electron chi connectivity index (χ2n) is 2.85. The number of rotatable bonds is 0. The van der Waals surface area contributed by atoms with Crippen molar-refractivity contribution in [3.63, 3.8) is 0 Å². The van der Waals surface area contributed by atoms with Crippen molar-refractivity contribution in [2.24, 2.45) is 0 Å². The van der Waals surface area contributed by atoms with Crippen molar-refractivity contribution in [2.75, 3.05) is 5.73 Å². The molecule has 1 aromatic rings. The van der Waals surface area contributed by atoms with Crippen LogP contribution in [0.25, 0.3) is 12.2 Å². The first-order valence-electron chi connectivity index (χ1n) is 4.18. The average molecular weight is 187 g/mol. The summed E-state index contributed by atoms with van der Waals surface area (Å²) in [6.45, 7) is 0. The van der Waals surface area contributed by atoms with Crippen LogP contribution in [0.4, 0.5) is 5.95 Å². The number of nitrogens with zero attached hydrogens (tertiary/aromatic N) is 1. The minimum atomic E-state index is -0.219. The molecule has 0 unspecified atom stereocenters. The highest BCUT2D eigenvalue weighted by molar-refractivity contribution is 5.65. The van der Waals surface area contributed by atoms with Crippen LogP contribution in [0.3, 0.4) is 0 Å². The fourth-order valence-electron chi connectivity index (χ4n) is 1.23. The zero-order valence-electron chi connectivity index (χ0n) is 7.40. The molecule has 0 bridgehead atoms. The van der Waals surface area contributed by atoms with Crippen LogP contribution in [0.2, 0.25) is 0 Å². The van der Waals surface area contributed by atoms with Crippen molar-refractivity contribution in [1.82, 2.24) is 9.97 Å². The molecule has 4 heteroatoms. The first-order valence-corrected chi connectivity index (χ1v) is 4.18. The Morgan fingerprint density at radius 2 is 1.86 bits per heavy atom. The van der Waals surface area contributed by atoms with E-state index in [0.29, 0.717) is 11.3 Å². The van der Waals surface area contributed by atoms with E-state index in [1.54, 1.807) is 18.2 Å². The van der Waals surface area contributed by atoms with Crippen LogP contribution in [0.1, 0.15) is 11.3 Å². The summed E-state index contributed by atoms with van der Waals surface area (Å²) in [4.78, 5) is 17.9. The van der Waals surface area contributed by atoms with E-state index in [1.165, 1.54) is 0 Å². The molecule has 2 rings (SSSR count). The van der Waals surface area contributed by atoms with Crippen molar-refractivity contribution >= 4 is 18.1 Å². The number of nitrogens with two attached hydrogens (primary N) is 1. The number of hydrogen-bond acceptors (Lipinski definition) is 3. The van der Waals surface area contributed by atoms with Gasteiger partial charge < -0.3 is 5.73 Å². The van der Waals surface area contributed by atoms with Crippen molar-refractivity contribution in [2.45, 2.75) is 0 Å². The SMILES string of the molecule is Nc1nc2c(c(=O)[nH]1)\C=C/C=C\C=C/2. The van der Waals surface area contributed by atoms with Gasteiger partial charge in [0.1, 0.15) is 0 Å². The van der Waals surface area contributed by atoms with E-state index < -0.39 is 0 Å². The van der Waals surface area contributed by atoms with E-state index in [9.17, 15) is 4.79 Å². The molecular formula is C10H9N3O. The molecule has 70 valence electrons. The topological polar surface area (TPSA) is 71.8 Å². The summed E-state index contributed by atoms with van der Waals surface area (Å²) >= 11 is 0. The number of H-pyrrole nitrogens is 1. The molecule has 0 radical (unpaired) electrons. The van der Waals surface area contributed by atoms with E-state index in [0.717, 1.165) is 0 Å². The lowest BCUT2D eigenvalue weighted by atomic mass is 10.1. The lowest BCUT2D eigenvalue weighted by molar-refractivity contribution is 1.11. The van der Waals surface area contributed by atoms with Gasteiger partial charge in [-0.2, -0.15) is 0 Å². The molecule has 1 aliphatic carbocycles. The summed E-state index contributed by atoms with van der Waals surface area (Å²) in [6.07, 6.45) is 10.8. The summed E-state index contributed by atoms with van der Waals surface area (Å²) in [7, 11) is 0. The Morgan fingerprint density at radius 1 is 1.14 bits per heavy atom. The molecule has 0 amide bonds. The van der Waals surface area contributed by atoms with Gasteiger partial charge in [-0.1, -0.05) is 24.3 Å². The minimum absolute atomic E-state index is 0.136. The standard InChI is InChI=1S/C10H9N3O/c11-10-12-8-6-4-2-1-3-5-7(8)9(14)13-10/h1-6H,(H3,11,12,13,14). The predicted octanol–water partition coefficient (Wildman–Crippen LogP) is 0.948. The Bertz CT molecular complexity index is 495. The van der Waals surface area contributed by atoms with Crippen molar-refractivity contribution < 1.29 is 0 Å². The van der Waals surface area contributed by atoms with Gasteiger partial charge in [0.25, 0.3) is 5.56 Å². The monoisotopic (exact) mass is 187 g/mol. The number of fused-ring (bicyclic) bond motifs is 1. The van der Waals surface area contributed by atoms with Gasteiger partial charge in [-0.05, 0) is 12.2 Å². The highest BCUT2D eigenvalue weighted by atomic mass is 16.1. The molecule has 0 saturated carbocycles. The second-order valence-corrected chi connectivity index (χ2v) is 2.85. The molecule has 4 nitrogen and oxygen atoms in total. The van der Waals surface area contributed by atoms with Crippen LogP contribution >= 0.6 is 0 Å². The molecular weight excluding hydrogens is 178 g/mol. The fourth-order valence-corrected chi connectivity index (χ4v) is 1.23. The zero-order chi connectivity index (χ0) is 9.97. The van der Waals surface area contributed by atoms with Crippen molar-refractivity contribution in [3.05, 3.63) is 45.9 Å². The minimum Gasteiger partial charge on any atom is -0.369 e. The second kappa shape index (κ2) is 3.33. The Hall–Kier alpha value is -2.10. The predicted molar refractivity (Wildman–Crippen MR) is 56.5 cm³/mol. The maximum atomic E-state index is 11.5. The average Bonchev–Trinajstić information content (AvgIpc) is 2.07. The molecule has 0 atom stereocenters. The van der Waals surface area contributed by atoms with Gasteiger partial charge in [-0.15, -0.1) is 0 Å². The number of aromatic amines is 1. The van der Waals surface area contributed by atoms with Gasteiger partial charge in [0.05, 0.1) is 11.3 Å². The first-order chi connectivity index (χ1) is 6.77. The number of nitrogens with one attached hydrogen (secondary N) is 1. The Balaban J connectivity index is 2.71. The quantitative estimate of drug-likeness (QED) is 0.635. The van der Waals surface area contributed by atoms with Crippen LogP contribution in [0.5, 0.6) is 0 Å². The Kier molecular flexibility index (Phi) is 2.02. The van der Waals surface area contributed by atoms with Gasteiger partial charge in [0.15, 0.2) is 0 Å². The van der Waals surface area contributed by atoms with Crippen LogP contribution in [0.15, 0.2) is 29.1 Å². The Labute approximate surface area is 80.5 Å². The highest BCUT2D eigenvalue weighted by Crippen LogP contribution is 2.08. The summed E-state index contributed by atoms with van der Waals surface area (Å²) in [6, 6.07) is 0. The third kappa shape index (κ3) is 1.50. The molecule has 3 N–H and O–H groups in total. The maximum Gasteiger partial charge on any atom is 0.260 e. The molecule has 0 fully saturated rings. The number of aromatic nitrogens is 2. The normalized spacial score (nSPS) is 20.3. The highest BCUT2D eigenvalue weighted by Gasteiger charge is 2.04. The van der Waals surface area contributed by atoms with E-state index in [2.05, 4.69) is 9.97 Å². The number of anilines is 1. The lowest BCUT2D eigenvalue weighted by Gasteiger charge is -2.01. The van der Waals surface area contributed by atoms with Crippen molar-refractivity contribution in [3.8, 4) is 0 Å². The van der Waals surface area contributed by atoms with Gasteiger partial charge >= 0.3 is 0 Å². The number of nitrogen functional groups attached to an aromatic ring is 1. The lowest BCUT2D eigenvalue weighted by Crippen LogP contribution is -2.15. The van der Waals surface area contributed by atoms with Crippen molar-refractivity contribution in [1.29, 1.82) is 0 Å². The van der Waals surface area contributed by atoms with E-state index >= 15 is 0 Å². The maximum absolute atomic E-state index is 11.5. The van der Waals surface area contributed by atoms with Crippen LogP contribution in [0, 0.1) is 0 Å². The summed E-state index contributed by atoms with van der Waals surface area (Å²) in [5, 5.41) is 0. The first kappa shape index (κ1) is 8.50. The van der Waals surface area contributed by atoms with Gasteiger partial charge in [-0.25, -0.2) is 4.98 Å². The van der Waals surface area contributed by atoms with Gasteiger partial charge in [0.2, 0.25) is 5.95 Å². The van der Waals surface area contributed by atoms with Crippen LogP contribution < -0.4 is 11.3 Å². The molecule has 0 aliphatic heterocycles. The van der Waals surface area contributed by atoms with Crippen LogP contribution in [-0.2, 0) is 0 Å². The summed E-state index contributed by atoms with van der Waals surface area (Å²) in [5.41, 5.74) is 6.33.